The zero-order chi connectivity index (χ0) is 47.9. The first-order chi connectivity index (χ1) is 35.4. The summed E-state index contributed by atoms with van der Waals surface area (Å²) in [6, 6.07) is 91.1. The van der Waals surface area contributed by atoms with E-state index >= 15 is 0 Å². The van der Waals surface area contributed by atoms with Crippen LogP contribution in [0.4, 0.5) is 17.1 Å². The van der Waals surface area contributed by atoms with Gasteiger partial charge in [-0.1, -0.05) is 184 Å². The fraction of sp³-hybridized carbons (Fsp3) is 0.0435. The Kier molecular flexibility index (Phi) is 9.77. The highest BCUT2D eigenvalue weighted by Crippen LogP contribution is 2.54. The van der Waals surface area contributed by atoms with Crippen molar-refractivity contribution in [2.24, 2.45) is 0 Å². The molecule has 1 aliphatic rings. The van der Waals surface area contributed by atoms with Crippen molar-refractivity contribution in [3.63, 3.8) is 0 Å². The molecule has 0 saturated heterocycles. The Morgan fingerprint density at radius 2 is 0.889 bits per heavy atom. The van der Waals surface area contributed by atoms with Crippen LogP contribution in [0, 0.1) is 0 Å². The number of thiophene rings is 1. The number of anilines is 3. The molecule has 3 heteroatoms. The minimum atomic E-state index is -0.187. The first-order valence-electron chi connectivity index (χ1n) is 24.8. The number of fused-ring (bicyclic) bond motifs is 9. The molecule has 2 nitrogen and oxygen atoms in total. The highest BCUT2D eigenvalue weighted by molar-refractivity contribution is 7.25. The molecule has 0 radical (unpaired) electrons. The summed E-state index contributed by atoms with van der Waals surface area (Å²) in [4.78, 5) is 2.39. The lowest BCUT2D eigenvalue weighted by atomic mass is 9.80. The molecule has 0 bridgehead atoms. The van der Waals surface area contributed by atoms with Gasteiger partial charge in [-0.05, 0) is 151 Å². The molecule has 0 N–H and O–H groups in total. The molecular weight excluding hydrogens is 891 g/mol. The Morgan fingerprint density at radius 1 is 0.333 bits per heavy atom. The number of furan rings is 1. The van der Waals surface area contributed by atoms with Gasteiger partial charge in [0.15, 0.2) is 0 Å². The molecule has 0 spiro atoms. The number of benzene rings is 11. The van der Waals surface area contributed by atoms with Crippen LogP contribution in [0.15, 0.2) is 253 Å². The van der Waals surface area contributed by atoms with Gasteiger partial charge in [0, 0.05) is 59.0 Å². The summed E-state index contributed by atoms with van der Waals surface area (Å²) >= 11 is 1.86. The van der Waals surface area contributed by atoms with Crippen LogP contribution in [0.25, 0.3) is 109 Å². The van der Waals surface area contributed by atoms with Gasteiger partial charge < -0.3 is 9.32 Å². The second kappa shape index (κ2) is 16.7. The van der Waals surface area contributed by atoms with Gasteiger partial charge in [-0.25, -0.2) is 0 Å². The lowest BCUT2D eigenvalue weighted by Gasteiger charge is -2.26. The first kappa shape index (κ1) is 42.1. The molecule has 72 heavy (non-hydrogen) atoms. The third-order valence-corrected chi connectivity index (χ3v) is 16.2. The molecule has 0 fully saturated rings. The van der Waals surface area contributed by atoms with Crippen molar-refractivity contribution in [3.05, 3.63) is 260 Å². The van der Waals surface area contributed by atoms with E-state index in [0.717, 1.165) is 55.7 Å². The highest BCUT2D eigenvalue weighted by Gasteiger charge is 2.38. The van der Waals surface area contributed by atoms with Gasteiger partial charge in [0.25, 0.3) is 0 Å². The topological polar surface area (TPSA) is 16.4 Å². The molecule has 0 saturated carbocycles. The number of rotatable bonds is 8. The average Bonchev–Trinajstić information content (AvgIpc) is 4.09. The Bertz CT molecular complexity index is 4220. The standard InChI is InChI=1S/C69H47NOS/c1-69(2)62-37-31-50(41-61(62)67-59(46-17-7-4-8-18-46)42-51(43-63(67)69)44-15-5-3-6-16-44)48-19-13-20-54(39-48)70(52-33-27-45(28-34-52)49-32-38-66-60(40-49)57-22-10-12-26-65(57)72-66)53-35-29-47(30-36-53)55-23-14-24-58-56-21-9-11-25-64(56)71-68(55)58/h3-43H,1-2H3. The molecule has 340 valence electrons. The Morgan fingerprint density at radius 3 is 1.68 bits per heavy atom. The minimum absolute atomic E-state index is 0.187. The quantitative estimate of drug-likeness (QED) is 0.151. The van der Waals surface area contributed by atoms with Crippen molar-refractivity contribution in [2.75, 3.05) is 4.90 Å². The van der Waals surface area contributed by atoms with Crippen LogP contribution in [0.5, 0.6) is 0 Å². The monoisotopic (exact) mass is 937 g/mol. The number of hydrogen-bond donors (Lipinski definition) is 0. The van der Waals surface area contributed by atoms with Crippen molar-refractivity contribution in [3.8, 4) is 66.8 Å². The summed E-state index contributed by atoms with van der Waals surface area (Å²) < 4.78 is 9.13. The van der Waals surface area contributed by atoms with Crippen molar-refractivity contribution in [1.82, 2.24) is 0 Å². The summed E-state index contributed by atoms with van der Waals surface area (Å²) in [5.74, 6) is 0. The van der Waals surface area contributed by atoms with E-state index in [0.29, 0.717) is 0 Å². The number of para-hydroxylation sites is 2. The van der Waals surface area contributed by atoms with Crippen LogP contribution in [-0.4, -0.2) is 0 Å². The SMILES string of the molecule is CC1(C)c2ccc(-c3cccc(N(c4ccc(-c5ccc6sc7ccccc7c6c5)cc4)c4ccc(-c5cccc6c5oc5ccccc56)cc4)c3)cc2-c2c(-c3ccccc3)cc(-c3ccccc3)cc21. The summed E-state index contributed by atoms with van der Waals surface area (Å²) in [6.07, 6.45) is 0. The Hall–Kier alpha value is -8.76. The first-order valence-corrected chi connectivity index (χ1v) is 25.6. The molecule has 2 heterocycles. The molecule has 14 rings (SSSR count). The molecule has 2 aromatic heterocycles. The van der Waals surface area contributed by atoms with Gasteiger partial charge >= 0.3 is 0 Å². The fourth-order valence-electron chi connectivity index (χ4n) is 11.4. The second-order valence-corrected chi connectivity index (χ2v) is 20.7. The molecule has 0 amide bonds. The summed E-state index contributed by atoms with van der Waals surface area (Å²) in [6.45, 7) is 4.77. The number of hydrogen-bond acceptors (Lipinski definition) is 3. The lowest BCUT2D eigenvalue weighted by molar-refractivity contribution is 0.661. The van der Waals surface area contributed by atoms with E-state index in [4.69, 9.17) is 4.42 Å². The van der Waals surface area contributed by atoms with E-state index in [2.05, 4.69) is 255 Å². The second-order valence-electron chi connectivity index (χ2n) is 19.6. The van der Waals surface area contributed by atoms with Crippen LogP contribution >= 0.6 is 11.3 Å². The normalized spacial score (nSPS) is 12.7. The predicted molar refractivity (Wildman–Crippen MR) is 306 cm³/mol. The van der Waals surface area contributed by atoms with E-state index in [1.807, 2.05) is 23.5 Å². The van der Waals surface area contributed by atoms with Crippen LogP contribution < -0.4 is 4.90 Å². The van der Waals surface area contributed by atoms with Crippen LogP contribution in [-0.2, 0) is 5.41 Å². The van der Waals surface area contributed by atoms with Gasteiger partial charge in [0.2, 0.25) is 0 Å². The molecule has 11 aromatic carbocycles. The molecule has 1 aliphatic carbocycles. The van der Waals surface area contributed by atoms with Crippen LogP contribution in [0.2, 0.25) is 0 Å². The number of nitrogens with zero attached hydrogens (tertiary/aromatic N) is 1. The molecule has 0 atom stereocenters. The largest absolute Gasteiger partial charge is 0.455 e. The average molecular weight is 938 g/mol. The zero-order valence-electron chi connectivity index (χ0n) is 39.9. The summed E-state index contributed by atoms with van der Waals surface area (Å²) in [5.41, 5.74) is 22.1. The Labute approximate surface area is 423 Å². The van der Waals surface area contributed by atoms with Crippen molar-refractivity contribution in [2.45, 2.75) is 19.3 Å². The van der Waals surface area contributed by atoms with Crippen molar-refractivity contribution >= 4 is 70.5 Å². The van der Waals surface area contributed by atoms with E-state index in [1.165, 1.54) is 81.4 Å². The highest BCUT2D eigenvalue weighted by atomic mass is 32.1. The maximum atomic E-state index is 6.50. The van der Waals surface area contributed by atoms with Gasteiger partial charge in [-0.3, -0.25) is 0 Å². The minimum Gasteiger partial charge on any atom is -0.455 e. The predicted octanol–water partition coefficient (Wildman–Crippen LogP) is 20.1. The van der Waals surface area contributed by atoms with Gasteiger partial charge in [0.1, 0.15) is 11.2 Å². The third kappa shape index (κ3) is 6.92. The van der Waals surface area contributed by atoms with E-state index < -0.39 is 0 Å². The Balaban J connectivity index is 0.882. The van der Waals surface area contributed by atoms with E-state index in [1.54, 1.807) is 0 Å². The molecule has 0 unspecified atom stereocenters. The van der Waals surface area contributed by atoms with Gasteiger partial charge in [0.05, 0.1) is 0 Å². The fourth-order valence-corrected chi connectivity index (χ4v) is 12.5. The van der Waals surface area contributed by atoms with Crippen LogP contribution in [0.1, 0.15) is 25.0 Å². The smallest absolute Gasteiger partial charge is 0.143 e. The molecule has 13 aromatic rings. The van der Waals surface area contributed by atoms with Gasteiger partial charge in [-0.15, -0.1) is 11.3 Å². The summed E-state index contributed by atoms with van der Waals surface area (Å²) in [5, 5.41) is 4.88. The lowest BCUT2D eigenvalue weighted by Crippen LogP contribution is -2.15. The van der Waals surface area contributed by atoms with E-state index in [-0.39, 0.29) is 5.41 Å². The maximum Gasteiger partial charge on any atom is 0.143 e. The van der Waals surface area contributed by atoms with E-state index in [9.17, 15) is 0 Å². The third-order valence-electron chi connectivity index (χ3n) is 15.1. The van der Waals surface area contributed by atoms with Crippen LogP contribution in [0.3, 0.4) is 0 Å². The maximum absolute atomic E-state index is 6.50. The molecule has 0 aliphatic heterocycles. The molecular formula is C69H47NOS. The zero-order valence-corrected chi connectivity index (χ0v) is 40.8. The van der Waals surface area contributed by atoms with Crippen molar-refractivity contribution in [1.29, 1.82) is 0 Å². The van der Waals surface area contributed by atoms with Gasteiger partial charge in [-0.2, -0.15) is 0 Å². The van der Waals surface area contributed by atoms with Crippen molar-refractivity contribution < 1.29 is 4.42 Å². The summed E-state index contributed by atoms with van der Waals surface area (Å²) in [7, 11) is 0.